The molecule has 21 heavy (non-hydrogen) atoms. The quantitative estimate of drug-likeness (QED) is 0.770. The fourth-order valence-electron chi connectivity index (χ4n) is 2.28. The molecule has 0 amide bonds. The van der Waals surface area contributed by atoms with E-state index in [9.17, 15) is 5.11 Å². The molecule has 0 spiro atoms. The molecule has 0 bridgehead atoms. The van der Waals surface area contributed by atoms with Crippen molar-refractivity contribution in [3.8, 4) is 5.75 Å². The Morgan fingerprint density at radius 2 is 2.00 bits per heavy atom. The van der Waals surface area contributed by atoms with Gasteiger partial charge < -0.3 is 14.8 Å². The van der Waals surface area contributed by atoms with E-state index in [2.05, 4.69) is 9.97 Å². The summed E-state index contributed by atoms with van der Waals surface area (Å²) in [5.41, 5.74) is 2.72. The van der Waals surface area contributed by atoms with Crippen LogP contribution in [0.25, 0.3) is 11.0 Å². The van der Waals surface area contributed by atoms with Crippen molar-refractivity contribution in [2.75, 3.05) is 7.11 Å². The Balaban J connectivity index is 2.01. The van der Waals surface area contributed by atoms with E-state index in [-0.39, 0.29) is 0 Å². The van der Waals surface area contributed by atoms with Gasteiger partial charge in [0.25, 0.3) is 0 Å². The molecule has 4 nitrogen and oxygen atoms in total. The number of methoxy groups -OCH3 is 1. The monoisotopic (exact) mass is 300 g/mol. The van der Waals surface area contributed by atoms with Crippen molar-refractivity contribution in [1.82, 2.24) is 9.97 Å². The number of para-hydroxylation sites is 2. The summed E-state index contributed by atoms with van der Waals surface area (Å²) in [5.74, 6) is 0.686. The molecule has 1 atom stereocenters. The van der Waals surface area contributed by atoms with Gasteiger partial charge in [0.1, 0.15) is 5.75 Å². The summed E-state index contributed by atoms with van der Waals surface area (Å²) in [5, 5.41) is 10.8. The number of nitrogens with zero attached hydrogens (tertiary/aromatic N) is 1. The maximum atomic E-state index is 10.0. The number of imidazole rings is 1. The Bertz CT molecular complexity index is 735. The van der Waals surface area contributed by atoms with Crippen LogP contribution in [-0.4, -0.2) is 22.2 Å². The molecular formula is C16H16N2O2S. The molecule has 0 aliphatic rings. The summed E-state index contributed by atoms with van der Waals surface area (Å²) >= 11 is 1.49. The zero-order valence-electron chi connectivity index (χ0n) is 11.8. The molecule has 2 aromatic carbocycles. The minimum Gasteiger partial charge on any atom is -0.496 e. The van der Waals surface area contributed by atoms with Crippen LogP contribution in [0.3, 0.4) is 0 Å². The second-order valence-corrected chi connectivity index (χ2v) is 5.74. The minimum atomic E-state index is -0.604. The Morgan fingerprint density at radius 1 is 1.19 bits per heavy atom. The molecule has 3 aromatic rings. The summed E-state index contributed by atoms with van der Waals surface area (Å²) in [7, 11) is 1.61. The molecule has 0 fully saturated rings. The van der Waals surface area contributed by atoms with Gasteiger partial charge in [0, 0.05) is 10.5 Å². The third-order valence-electron chi connectivity index (χ3n) is 3.24. The first-order chi connectivity index (χ1) is 10.2. The first kappa shape index (κ1) is 14.0. The van der Waals surface area contributed by atoms with Crippen LogP contribution >= 0.6 is 11.8 Å². The van der Waals surface area contributed by atoms with Crippen LogP contribution in [0.4, 0.5) is 0 Å². The van der Waals surface area contributed by atoms with Gasteiger partial charge in [-0.15, -0.1) is 0 Å². The normalized spacial score (nSPS) is 12.5. The van der Waals surface area contributed by atoms with Crippen LogP contribution in [0.5, 0.6) is 5.75 Å². The van der Waals surface area contributed by atoms with Crippen molar-refractivity contribution in [3.63, 3.8) is 0 Å². The number of aromatic nitrogens is 2. The third-order valence-corrected chi connectivity index (χ3v) is 4.20. The minimum absolute atomic E-state index is 0.604. The Morgan fingerprint density at radius 3 is 2.71 bits per heavy atom. The molecule has 0 saturated heterocycles. The molecule has 0 saturated carbocycles. The molecular weight excluding hydrogens is 284 g/mol. The predicted octanol–water partition coefficient (Wildman–Crippen LogP) is 3.78. The predicted molar refractivity (Wildman–Crippen MR) is 83.8 cm³/mol. The topological polar surface area (TPSA) is 58.1 Å². The summed E-state index contributed by atoms with van der Waals surface area (Å²) in [4.78, 5) is 8.76. The SMILES string of the molecule is COc1cccc(Sc2nc3ccccc3[nH]2)c1C(C)O. The van der Waals surface area contributed by atoms with Gasteiger partial charge in [-0.3, -0.25) is 0 Å². The smallest absolute Gasteiger partial charge is 0.171 e. The van der Waals surface area contributed by atoms with Crippen LogP contribution in [0.15, 0.2) is 52.5 Å². The van der Waals surface area contributed by atoms with E-state index in [0.717, 1.165) is 26.6 Å². The van der Waals surface area contributed by atoms with E-state index >= 15 is 0 Å². The molecule has 0 radical (unpaired) electrons. The standard InChI is InChI=1S/C16H16N2O2S/c1-10(19)15-13(20-2)8-5-9-14(15)21-16-17-11-6-3-4-7-12(11)18-16/h3-10,19H,1-2H3,(H,17,18). The van der Waals surface area contributed by atoms with Crippen LogP contribution in [0, 0.1) is 0 Å². The highest BCUT2D eigenvalue weighted by Gasteiger charge is 2.16. The Hall–Kier alpha value is -1.98. The zero-order valence-corrected chi connectivity index (χ0v) is 12.6. The molecule has 1 aromatic heterocycles. The highest BCUT2D eigenvalue weighted by atomic mass is 32.2. The van der Waals surface area contributed by atoms with Gasteiger partial charge in [0.05, 0.1) is 24.2 Å². The van der Waals surface area contributed by atoms with E-state index < -0.39 is 6.10 Å². The molecule has 3 rings (SSSR count). The number of hydrogen-bond donors (Lipinski definition) is 2. The highest BCUT2D eigenvalue weighted by Crippen LogP contribution is 2.37. The van der Waals surface area contributed by atoms with Gasteiger partial charge in [-0.25, -0.2) is 4.98 Å². The van der Waals surface area contributed by atoms with Gasteiger partial charge in [-0.1, -0.05) is 30.0 Å². The van der Waals surface area contributed by atoms with Gasteiger partial charge in [-0.2, -0.15) is 0 Å². The first-order valence-corrected chi connectivity index (χ1v) is 7.48. The molecule has 0 aliphatic heterocycles. The lowest BCUT2D eigenvalue weighted by Crippen LogP contribution is -1.98. The number of aliphatic hydroxyl groups is 1. The molecule has 2 N–H and O–H groups in total. The van der Waals surface area contributed by atoms with E-state index in [4.69, 9.17) is 4.74 Å². The third kappa shape index (κ3) is 2.75. The number of rotatable bonds is 4. The summed E-state index contributed by atoms with van der Waals surface area (Å²) in [6.07, 6.45) is -0.604. The average Bonchev–Trinajstić information content (AvgIpc) is 2.88. The maximum absolute atomic E-state index is 10.0. The van der Waals surface area contributed by atoms with Crippen LogP contribution in [0.1, 0.15) is 18.6 Å². The number of aromatic amines is 1. The second kappa shape index (κ2) is 5.79. The van der Waals surface area contributed by atoms with Crippen LogP contribution in [-0.2, 0) is 0 Å². The lowest BCUT2D eigenvalue weighted by molar-refractivity contribution is 0.191. The molecule has 5 heteroatoms. The first-order valence-electron chi connectivity index (χ1n) is 6.66. The van der Waals surface area contributed by atoms with Crippen molar-refractivity contribution in [3.05, 3.63) is 48.0 Å². The van der Waals surface area contributed by atoms with E-state index in [1.54, 1.807) is 14.0 Å². The van der Waals surface area contributed by atoms with E-state index in [0.29, 0.717) is 5.75 Å². The van der Waals surface area contributed by atoms with Gasteiger partial charge in [0.2, 0.25) is 0 Å². The van der Waals surface area contributed by atoms with Crippen LogP contribution < -0.4 is 4.74 Å². The zero-order chi connectivity index (χ0) is 14.8. The van der Waals surface area contributed by atoms with E-state index in [1.807, 2.05) is 42.5 Å². The lowest BCUT2D eigenvalue weighted by Gasteiger charge is -2.14. The van der Waals surface area contributed by atoms with Gasteiger partial charge >= 0.3 is 0 Å². The molecule has 108 valence electrons. The average molecular weight is 300 g/mol. The van der Waals surface area contributed by atoms with Crippen molar-refractivity contribution in [2.45, 2.75) is 23.1 Å². The number of H-pyrrole nitrogens is 1. The number of ether oxygens (including phenoxy) is 1. The fraction of sp³-hybridized carbons (Fsp3) is 0.188. The van der Waals surface area contributed by atoms with Crippen molar-refractivity contribution in [2.24, 2.45) is 0 Å². The Labute approximate surface area is 127 Å². The summed E-state index contributed by atoms with van der Waals surface area (Å²) in [6, 6.07) is 13.6. The highest BCUT2D eigenvalue weighted by molar-refractivity contribution is 7.99. The lowest BCUT2D eigenvalue weighted by atomic mass is 10.1. The number of nitrogens with one attached hydrogen (secondary N) is 1. The van der Waals surface area contributed by atoms with Gasteiger partial charge in [0.15, 0.2) is 5.16 Å². The van der Waals surface area contributed by atoms with Crippen molar-refractivity contribution in [1.29, 1.82) is 0 Å². The maximum Gasteiger partial charge on any atom is 0.171 e. The number of aliphatic hydroxyl groups excluding tert-OH is 1. The second-order valence-electron chi connectivity index (χ2n) is 4.71. The molecule has 1 heterocycles. The van der Waals surface area contributed by atoms with Crippen LogP contribution in [0.2, 0.25) is 0 Å². The summed E-state index contributed by atoms with van der Waals surface area (Å²) in [6.45, 7) is 1.74. The van der Waals surface area contributed by atoms with Crippen molar-refractivity contribution >= 4 is 22.8 Å². The van der Waals surface area contributed by atoms with E-state index in [1.165, 1.54) is 11.8 Å². The number of hydrogen-bond acceptors (Lipinski definition) is 4. The number of fused-ring (bicyclic) bond motifs is 1. The fourth-order valence-corrected chi connectivity index (χ4v) is 3.33. The number of benzene rings is 2. The molecule has 1 unspecified atom stereocenters. The molecule has 0 aliphatic carbocycles. The Kier molecular flexibility index (Phi) is 3.86. The largest absolute Gasteiger partial charge is 0.496 e. The summed E-state index contributed by atoms with van der Waals surface area (Å²) < 4.78 is 5.34. The van der Waals surface area contributed by atoms with Crippen molar-refractivity contribution < 1.29 is 9.84 Å². The van der Waals surface area contributed by atoms with Gasteiger partial charge in [-0.05, 0) is 31.2 Å².